The van der Waals surface area contributed by atoms with E-state index in [9.17, 15) is 66.8 Å². The van der Waals surface area contributed by atoms with Crippen LogP contribution in [0, 0.1) is 5.92 Å². The van der Waals surface area contributed by atoms with E-state index in [-0.39, 0.29) is 11.8 Å². The van der Waals surface area contributed by atoms with Gasteiger partial charge in [0.2, 0.25) is 29.5 Å². The van der Waals surface area contributed by atoms with Crippen LogP contribution in [0.15, 0.2) is 33.5 Å². The lowest BCUT2D eigenvalue weighted by Gasteiger charge is -2.28. The fourth-order valence-corrected chi connectivity index (χ4v) is 4.73. The molecule has 1 heterocycles. The minimum Gasteiger partial charge on any atom is -0.481 e. The number of aliphatic hydroxyl groups excluding tert-OH is 1. The summed E-state index contributed by atoms with van der Waals surface area (Å²) in [6.07, 6.45) is -8.39. The van der Waals surface area contributed by atoms with Crippen LogP contribution in [0.4, 0.5) is 18.9 Å². The summed E-state index contributed by atoms with van der Waals surface area (Å²) in [5.74, 6) is -8.42. The third kappa shape index (κ3) is 12.4. The maximum atomic E-state index is 13.4. The molecule has 0 saturated heterocycles. The molecule has 51 heavy (non-hydrogen) atoms. The molecule has 0 fully saturated rings. The van der Waals surface area contributed by atoms with Crippen LogP contribution in [-0.2, 0) is 39.7 Å². The summed E-state index contributed by atoms with van der Waals surface area (Å²) in [4.78, 5) is 98.9. The number of nitrogens with one attached hydrogen (secondary N) is 5. The number of fused-ring (bicyclic) bond motifs is 1. The number of rotatable bonds is 17. The first kappa shape index (κ1) is 41.6. The summed E-state index contributed by atoms with van der Waals surface area (Å²) in [6.45, 7) is 5.59. The van der Waals surface area contributed by atoms with E-state index in [2.05, 4.69) is 26.6 Å². The Balaban J connectivity index is 2.32. The van der Waals surface area contributed by atoms with Gasteiger partial charge in [0.25, 0.3) is 0 Å². The lowest BCUT2D eigenvalue weighted by Crippen LogP contribution is -2.61. The summed E-state index contributed by atoms with van der Waals surface area (Å²) >= 11 is 0. The minimum atomic E-state index is -4.92. The second-order valence-corrected chi connectivity index (χ2v) is 11.6. The normalized spacial score (nSPS) is 14.9. The highest BCUT2D eigenvalue weighted by atomic mass is 19.4. The Morgan fingerprint density at radius 1 is 0.824 bits per heavy atom. The number of aliphatic hydroxyl groups is 1. The smallest absolute Gasteiger partial charge is 0.417 e. The minimum absolute atomic E-state index is 0.244. The highest BCUT2D eigenvalue weighted by molar-refractivity contribution is 6.01. The van der Waals surface area contributed by atoms with Crippen LogP contribution in [0.1, 0.15) is 58.9 Å². The van der Waals surface area contributed by atoms with E-state index < -0.39 is 125 Å². The number of hydrogen-bond acceptors (Lipinski definition) is 10. The molecule has 0 aliphatic rings. The van der Waals surface area contributed by atoms with Crippen LogP contribution in [0.2, 0.25) is 0 Å². The Labute approximate surface area is 287 Å². The Hall–Kier alpha value is -5.53. The standard InChI is InChI=1S/C31H38F3N5O12/c1-5-13(2)25(35-15(4)41)29(49)37-19(8-9-22(42)43)27(47)39-26(14(3)40)30(50)38-20(12-23(44)45)28(48)36-16-6-7-17-18(31(32,33)34)11-24(46)51-21(17)10-16/h6-7,10-11,13-14,19-20,25-26,40H,5,8-9,12H2,1-4H3,(H,35,41)(H,36,48)(H,37,49)(H,38,50)(H,39,47)(H,42,43)(H,44,45)/t13-,14+,19-,20-,25?,26-/m0/s1. The first-order valence-electron chi connectivity index (χ1n) is 15.4. The van der Waals surface area contributed by atoms with Crippen molar-refractivity contribution >= 4 is 58.1 Å². The average molecular weight is 730 g/mol. The van der Waals surface area contributed by atoms with Gasteiger partial charge in [0.15, 0.2) is 0 Å². The number of alkyl halides is 3. The monoisotopic (exact) mass is 729 g/mol. The maximum Gasteiger partial charge on any atom is 0.417 e. The van der Waals surface area contributed by atoms with Gasteiger partial charge in [0.05, 0.1) is 18.1 Å². The van der Waals surface area contributed by atoms with Crippen molar-refractivity contribution in [2.24, 2.45) is 5.92 Å². The number of halogens is 3. The van der Waals surface area contributed by atoms with Crippen LogP contribution >= 0.6 is 0 Å². The highest BCUT2D eigenvalue weighted by Gasteiger charge is 2.36. The topological polar surface area (TPSA) is 271 Å². The summed E-state index contributed by atoms with van der Waals surface area (Å²) in [5.41, 5.74) is -3.47. The quantitative estimate of drug-likeness (QED) is 0.103. The molecule has 0 aliphatic heterocycles. The molecular formula is C31H38F3N5O12. The van der Waals surface area contributed by atoms with E-state index in [0.717, 1.165) is 32.0 Å². The number of hydrogen-bond donors (Lipinski definition) is 8. The molecular weight excluding hydrogens is 691 g/mol. The summed E-state index contributed by atoms with van der Waals surface area (Å²) in [5, 5.41) is 39.6. The number of aliphatic carboxylic acids is 2. The molecule has 2 rings (SSSR count). The zero-order chi connectivity index (χ0) is 38.8. The number of anilines is 1. The SMILES string of the molecule is CC[C@H](C)C(NC(C)=O)C(=O)N[C@@H](CCC(=O)O)C(=O)N[C@H](C(=O)N[C@@H](CC(=O)O)C(=O)Nc1ccc2c(C(F)(F)F)cc(=O)oc2c1)[C@@H](C)O. The molecule has 0 saturated carbocycles. The second kappa shape index (κ2) is 17.9. The van der Waals surface area contributed by atoms with Crippen molar-refractivity contribution in [1.82, 2.24) is 21.3 Å². The lowest BCUT2D eigenvalue weighted by molar-refractivity contribution is -0.141. The number of carboxylic acids is 2. The molecule has 8 N–H and O–H groups in total. The molecule has 17 nitrogen and oxygen atoms in total. The van der Waals surface area contributed by atoms with E-state index in [1.54, 1.807) is 13.8 Å². The fourth-order valence-electron chi connectivity index (χ4n) is 4.73. The average Bonchev–Trinajstić information content (AvgIpc) is 3.01. The second-order valence-electron chi connectivity index (χ2n) is 11.6. The molecule has 0 bridgehead atoms. The van der Waals surface area contributed by atoms with Gasteiger partial charge in [-0.1, -0.05) is 20.3 Å². The van der Waals surface area contributed by atoms with Crippen LogP contribution in [0.5, 0.6) is 0 Å². The van der Waals surface area contributed by atoms with Gasteiger partial charge in [-0.05, 0) is 31.4 Å². The van der Waals surface area contributed by atoms with Crippen LogP contribution in [0.25, 0.3) is 11.0 Å². The predicted molar refractivity (Wildman–Crippen MR) is 170 cm³/mol. The van der Waals surface area contributed by atoms with Gasteiger partial charge in [-0.2, -0.15) is 13.2 Å². The fraction of sp³-hybridized carbons (Fsp3) is 0.484. The third-order valence-corrected chi connectivity index (χ3v) is 7.53. The van der Waals surface area contributed by atoms with Crippen LogP contribution in [-0.4, -0.2) is 87.1 Å². The van der Waals surface area contributed by atoms with E-state index in [4.69, 9.17) is 4.42 Å². The van der Waals surface area contributed by atoms with Crippen LogP contribution in [0.3, 0.4) is 0 Å². The lowest BCUT2D eigenvalue weighted by atomic mass is 9.97. The van der Waals surface area contributed by atoms with Gasteiger partial charge in [-0.15, -0.1) is 0 Å². The Bertz CT molecular complexity index is 1710. The van der Waals surface area contributed by atoms with Crippen molar-refractivity contribution in [3.8, 4) is 0 Å². The number of amides is 5. The zero-order valence-electron chi connectivity index (χ0n) is 27.8. The van der Waals surface area contributed by atoms with Crippen molar-refractivity contribution in [3.63, 3.8) is 0 Å². The maximum absolute atomic E-state index is 13.4. The number of benzene rings is 1. The molecule has 1 unspecified atom stereocenters. The molecule has 2 aromatic rings. The molecule has 5 amide bonds. The Morgan fingerprint density at radius 3 is 1.96 bits per heavy atom. The highest BCUT2D eigenvalue weighted by Crippen LogP contribution is 2.34. The van der Waals surface area contributed by atoms with Gasteiger partial charge in [-0.25, -0.2) is 4.79 Å². The van der Waals surface area contributed by atoms with E-state index >= 15 is 0 Å². The van der Waals surface area contributed by atoms with Crippen molar-refractivity contribution in [2.45, 2.75) is 89.8 Å². The van der Waals surface area contributed by atoms with Crippen molar-refractivity contribution < 1.29 is 66.5 Å². The summed E-state index contributed by atoms with van der Waals surface area (Å²) < 4.78 is 45.0. The van der Waals surface area contributed by atoms with E-state index in [1.165, 1.54) is 0 Å². The van der Waals surface area contributed by atoms with Crippen LogP contribution < -0.4 is 32.2 Å². The summed E-state index contributed by atoms with van der Waals surface area (Å²) in [7, 11) is 0. The molecule has 20 heteroatoms. The Kier molecular flexibility index (Phi) is 14.6. The van der Waals surface area contributed by atoms with Gasteiger partial charge < -0.3 is 46.3 Å². The largest absolute Gasteiger partial charge is 0.481 e. The molecule has 0 spiro atoms. The third-order valence-electron chi connectivity index (χ3n) is 7.53. The first-order chi connectivity index (χ1) is 23.6. The molecule has 280 valence electrons. The number of carboxylic acid groups (broad SMARTS) is 2. The van der Waals surface area contributed by atoms with Gasteiger partial charge >= 0.3 is 23.7 Å². The molecule has 0 radical (unpaired) electrons. The number of carbonyl (C=O) groups excluding carboxylic acids is 5. The van der Waals surface area contributed by atoms with Crippen molar-refractivity contribution in [2.75, 3.05) is 5.32 Å². The Morgan fingerprint density at radius 2 is 1.43 bits per heavy atom. The first-order valence-corrected chi connectivity index (χ1v) is 15.4. The van der Waals surface area contributed by atoms with E-state index in [1.807, 2.05) is 0 Å². The zero-order valence-corrected chi connectivity index (χ0v) is 27.8. The molecule has 6 atom stereocenters. The summed E-state index contributed by atoms with van der Waals surface area (Å²) in [6, 6.07) is -3.54. The molecule has 1 aromatic heterocycles. The van der Waals surface area contributed by atoms with Crippen molar-refractivity contribution in [3.05, 3.63) is 40.2 Å². The predicted octanol–water partition coefficient (Wildman–Crippen LogP) is 0.476. The number of carbonyl (C=O) groups is 7. The molecule has 1 aromatic carbocycles. The van der Waals surface area contributed by atoms with Gasteiger partial charge in [-0.3, -0.25) is 33.6 Å². The molecule has 0 aliphatic carbocycles. The van der Waals surface area contributed by atoms with Crippen molar-refractivity contribution in [1.29, 1.82) is 0 Å². The van der Waals surface area contributed by atoms with Gasteiger partial charge in [0, 0.05) is 36.6 Å². The van der Waals surface area contributed by atoms with Gasteiger partial charge in [0.1, 0.15) is 29.8 Å². The van der Waals surface area contributed by atoms with E-state index in [0.29, 0.717) is 6.42 Å².